The van der Waals surface area contributed by atoms with Crippen LogP contribution in [0.3, 0.4) is 0 Å². The molecule has 0 aliphatic rings. The van der Waals surface area contributed by atoms with Crippen LogP contribution >= 0.6 is 0 Å². The van der Waals surface area contributed by atoms with E-state index in [2.05, 4.69) is 24.7 Å². The Morgan fingerprint density at radius 3 is 1.67 bits per heavy atom. The lowest BCUT2D eigenvalue weighted by Crippen LogP contribution is -1.92. The summed E-state index contributed by atoms with van der Waals surface area (Å²) in [4.78, 5) is 23.3. The third-order valence-electron chi connectivity index (χ3n) is 1.90. The van der Waals surface area contributed by atoms with Crippen LogP contribution in [0.5, 0.6) is 0 Å². The molecule has 5 nitrogen and oxygen atoms in total. The normalized spacial score (nSPS) is 8.14. The lowest BCUT2D eigenvalue weighted by Gasteiger charge is -1.90. The van der Waals surface area contributed by atoms with E-state index in [1.165, 1.54) is 13.8 Å². The molecule has 0 radical (unpaired) electrons. The van der Waals surface area contributed by atoms with Crippen molar-refractivity contribution in [2.45, 2.75) is 20.8 Å². The highest BCUT2D eigenvalue weighted by atomic mass is 16.4. The van der Waals surface area contributed by atoms with Gasteiger partial charge in [0.25, 0.3) is 0 Å². The molecule has 1 aromatic rings. The maximum Gasteiger partial charge on any atom is 0.330 e. The molecule has 5 heteroatoms. The fraction of sp³-hybridized carbons (Fsp3) is 0.188. The summed E-state index contributed by atoms with van der Waals surface area (Å²) in [5.74, 6) is -1.87. The number of carboxylic acids is 2. The molecule has 1 heterocycles. The average molecular weight is 291 g/mol. The Kier molecular flexibility index (Phi) is 11.0. The minimum atomic E-state index is -0.935. The van der Waals surface area contributed by atoms with Gasteiger partial charge in [0.2, 0.25) is 0 Å². The number of aliphatic carboxylic acids is 2. The molecule has 0 aromatic carbocycles. The van der Waals surface area contributed by atoms with Gasteiger partial charge in [-0.05, 0) is 32.4 Å². The first kappa shape index (κ1) is 20.6. The highest BCUT2D eigenvalue weighted by Crippen LogP contribution is 1.98. The minimum Gasteiger partial charge on any atom is -0.478 e. The van der Waals surface area contributed by atoms with Gasteiger partial charge in [-0.2, -0.15) is 0 Å². The van der Waals surface area contributed by atoms with Gasteiger partial charge in [0.1, 0.15) is 0 Å². The highest BCUT2D eigenvalue weighted by Gasteiger charge is 1.90. The SMILES string of the molecule is C=C(C)C(=O)O.C=C(C)C(=O)O.C=Cc1ccc(C)nc1. The summed E-state index contributed by atoms with van der Waals surface area (Å²) in [6.45, 7) is 14.8. The van der Waals surface area contributed by atoms with Crippen LogP contribution in [0, 0.1) is 6.92 Å². The Morgan fingerprint density at radius 1 is 1.10 bits per heavy atom. The monoisotopic (exact) mass is 291 g/mol. The number of nitrogens with zero attached hydrogens (tertiary/aromatic N) is 1. The van der Waals surface area contributed by atoms with E-state index in [0.717, 1.165) is 11.3 Å². The first-order chi connectivity index (χ1) is 9.61. The standard InChI is InChI=1S/C8H9N.2C4H6O2/c1-3-8-5-4-7(2)9-6-8;2*1-3(2)4(5)6/h3-6H,1H2,2H3;2*1H2,2H3,(H,5,6). The molecular formula is C16H21NO4. The van der Waals surface area contributed by atoms with Crippen LogP contribution in [-0.2, 0) is 9.59 Å². The largest absolute Gasteiger partial charge is 0.478 e. The van der Waals surface area contributed by atoms with E-state index in [1.807, 2.05) is 25.3 Å². The zero-order valence-corrected chi connectivity index (χ0v) is 12.6. The number of hydrogen-bond donors (Lipinski definition) is 2. The maximum atomic E-state index is 9.60. The van der Waals surface area contributed by atoms with Gasteiger partial charge in [-0.15, -0.1) is 0 Å². The molecule has 1 aromatic heterocycles. The molecule has 0 unspecified atom stereocenters. The summed E-state index contributed by atoms with van der Waals surface area (Å²) in [5.41, 5.74) is 2.46. The van der Waals surface area contributed by atoms with Crippen molar-refractivity contribution in [1.29, 1.82) is 0 Å². The smallest absolute Gasteiger partial charge is 0.330 e. The maximum absolute atomic E-state index is 9.60. The van der Waals surface area contributed by atoms with Gasteiger partial charge in [-0.25, -0.2) is 9.59 Å². The third-order valence-corrected chi connectivity index (χ3v) is 1.90. The van der Waals surface area contributed by atoms with Gasteiger partial charge in [0.05, 0.1) is 0 Å². The molecule has 0 amide bonds. The zero-order chi connectivity index (χ0) is 17.0. The molecule has 0 atom stereocenters. The molecule has 2 N–H and O–H groups in total. The van der Waals surface area contributed by atoms with Crippen molar-refractivity contribution in [3.8, 4) is 0 Å². The van der Waals surface area contributed by atoms with Crippen molar-refractivity contribution in [3.05, 3.63) is 60.5 Å². The van der Waals surface area contributed by atoms with Gasteiger partial charge in [-0.3, -0.25) is 4.98 Å². The molecule has 21 heavy (non-hydrogen) atoms. The lowest BCUT2D eigenvalue weighted by atomic mass is 10.2. The van der Waals surface area contributed by atoms with Gasteiger partial charge in [0, 0.05) is 23.0 Å². The molecule has 0 spiro atoms. The van der Waals surface area contributed by atoms with Crippen LogP contribution in [-0.4, -0.2) is 27.1 Å². The van der Waals surface area contributed by atoms with Gasteiger partial charge >= 0.3 is 11.9 Å². The number of carbonyl (C=O) groups is 2. The van der Waals surface area contributed by atoms with Crippen molar-refractivity contribution >= 4 is 18.0 Å². The molecule has 0 aliphatic heterocycles. The Balaban J connectivity index is 0. The number of aromatic nitrogens is 1. The molecule has 0 saturated carbocycles. The van der Waals surface area contributed by atoms with Crippen molar-refractivity contribution in [2.75, 3.05) is 0 Å². The van der Waals surface area contributed by atoms with E-state index in [0.29, 0.717) is 0 Å². The van der Waals surface area contributed by atoms with Crippen LogP contribution in [0.25, 0.3) is 6.08 Å². The number of rotatable bonds is 3. The van der Waals surface area contributed by atoms with Crippen molar-refractivity contribution < 1.29 is 19.8 Å². The van der Waals surface area contributed by atoms with Gasteiger partial charge in [0.15, 0.2) is 0 Å². The predicted molar refractivity (Wildman–Crippen MR) is 84.0 cm³/mol. The fourth-order valence-corrected chi connectivity index (χ4v) is 0.600. The molecule has 1 rings (SSSR count). The zero-order valence-electron chi connectivity index (χ0n) is 12.6. The molecular weight excluding hydrogens is 270 g/mol. The number of pyridine rings is 1. The molecule has 114 valence electrons. The molecule has 0 fully saturated rings. The summed E-state index contributed by atoms with van der Waals surface area (Å²) in [6.07, 6.45) is 3.59. The van der Waals surface area contributed by atoms with Crippen molar-refractivity contribution in [2.24, 2.45) is 0 Å². The number of aryl methyl sites for hydroxylation is 1. The van der Waals surface area contributed by atoms with Crippen LogP contribution in [0.2, 0.25) is 0 Å². The Morgan fingerprint density at radius 2 is 1.48 bits per heavy atom. The molecule has 0 saturated heterocycles. The average Bonchev–Trinajstić information content (AvgIpc) is 2.40. The summed E-state index contributed by atoms with van der Waals surface area (Å²) >= 11 is 0. The Hall–Kier alpha value is -2.69. The van der Waals surface area contributed by atoms with E-state index in [9.17, 15) is 9.59 Å². The molecule has 0 bridgehead atoms. The Bertz CT molecular complexity index is 468. The van der Waals surface area contributed by atoms with Gasteiger partial charge in [-0.1, -0.05) is 31.9 Å². The number of carboxylic acid groups (broad SMARTS) is 2. The van der Waals surface area contributed by atoms with E-state index in [1.54, 1.807) is 6.08 Å². The van der Waals surface area contributed by atoms with E-state index in [-0.39, 0.29) is 11.1 Å². The lowest BCUT2D eigenvalue weighted by molar-refractivity contribution is -0.133. The predicted octanol–water partition coefficient (Wildman–Crippen LogP) is 3.33. The minimum absolute atomic E-state index is 0.176. The van der Waals surface area contributed by atoms with Crippen molar-refractivity contribution in [3.63, 3.8) is 0 Å². The first-order valence-electron chi connectivity index (χ1n) is 5.94. The second-order valence-corrected chi connectivity index (χ2v) is 4.11. The third kappa shape index (κ3) is 13.5. The molecule has 0 aliphatic carbocycles. The van der Waals surface area contributed by atoms with E-state index < -0.39 is 11.9 Å². The summed E-state index contributed by atoms with van der Waals surface area (Å²) in [7, 11) is 0. The van der Waals surface area contributed by atoms with Crippen molar-refractivity contribution in [1.82, 2.24) is 4.98 Å². The second kappa shape index (κ2) is 11.2. The number of hydrogen-bond acceptors (Lipinski definition) is 3. The fourth-order valence-electron chi connectivity index (χ4n) is 0.600. The Labute approximate surface area is 125 Å². The van der Waals surface area contributed by atoms with Crippen LogP contribution < -0.4 is 0 Å². The topological polar surface area (TPSA) is 87.5 Å². The highest BCUT2D eigenvalue weighted by molar-refractivity contribution is 5.85. The first-order valence-corrected chi connectivity index (χ1v) is 5.94. The van der Waals surface area contributed by atoms with E-state index in [4.69, 9.17) is 10.2 Å². The summed E-state index contributed by atoms with van der Waals surface area (Å²) in [6, 6.07) is 3.96. The quantitative estimate of drug-likeness (QED) is 0.834. The summed E-state index contributed by atoms with van der Waals surface area (Å²) in [5, 5.41) is 15.8. The second-order valence-electron chi connectivity index (χ2n) is 4.11. The van der Waals surface area contributed by atoms with Crippen LogP contribution in [0.1, 0.15) is 25.1 Å². The van der Waals surface area contributed by atoms with Crippen LogP contribution in [0.15, 0.2) is 49.2 Å². The van der Waals surface area contributed by atoms with E-state index >= 15 is 0 Å². The van der Waals surface area contributed by atoms with Gasteiger partial charge < -0.3 is 10.2 Å². The van der Waals surface area contributed by atoms with Crippen LogP contribution in [0.4, 0.5) is 0 Å². The summed E-state index contributed by atoms with van der Waals surface area (Å²) < 4.78 is 0.